The van der Waals surface area contributed by atoms with Crippen molar-refractivity contribution in [2.45, 2.75) is 18.4 Å². The summed E-state index contributed by atoms with van der Waals surface area (Å²) in [6.07, 6.45) is -2.94. The number of aliphatic carboxylic acids is 3. The summed E-state index contributed by atoms with van der Waals surface area (Å²) in [4.78, 5) is 29.9. The number of hydrogen-bond donors (Lipinski definition) is 0. The normalized spacial score (nSPS) is 9.40. The maximum Gasteiger partial charge on any atom is 2.00 e. The van der Waals surface area contributed by atoms with Crippen molar-refractivity contribution in [3.8, 4) is 0 Å². The van der Waals surface area contributed by atoms with E-state index in [2.05, 4.69) is 0 Å². The first-order chi connectivity index (χ1) is 5.78. The van der Waals surface area contributed by atoms with E-state index >= 15 is 0 Å². The third-order valence-corrected chi connectivity index (χ3v) is 1.23. The van der Waals surface area contributed by atoms with Crippen LogP contribution in [0.2, 0.25) is 0 Å². The molecule has 0 N–H and O–H groups in total. The van der Waals surface area contributed by atoms with Crippen molar-refractivity contribution >= 4 is 17.9 Å². The van der Waals surface area contributed by atoms with E-state index in [0.717, 1.165) is 0 Å². The average molecular weight is 315 g/mol. The van der Waals surface area contributed by atoms with E-state index in [4.69, 9.17) is 0 Å². The Balaban J connectivity index is -0.000000720. The van der Waals surface area contributed by atoms with Crippen LogP contribution in [0.4, 0.5) is 0 Å². The molecule has 15 heavy (non-hydrogen) atoms. The summed E-state index contributed by atoms with van der Waals surface area (Å²) in [6.45, 7) is 0. The summed E-state index contributed by atoms with van der Waals surface area (Å²) >= 11 is 0. The second kappa shape index (κ2) is 7.67. The molecular formula is C6H4Cu2O7. The maximum atomic E-state index is 10.9. The molecule has 2 radical (unpaired) electrons. The first kappa shape index (κ1) is 19.9. The van der Waals surface area contributed by atoms with Crippen LogP contribution in [0.3, 0.4) is 0 Å². The number of carbonyl (C=O) groups excluding carboxylic acids is 3. The molecule has 0 unspecified atom stereocenters. The zero-order valence-electron chi connectivity index (χ0n) is 6.87. The topological polar surface area (TPSA) is 143 Å². The first-order valence-corrected chi connectivity index (χ1v) is 3.09. The molecule has 0 aromatic heterocycles. The fraction of sp³-hybridized carbons (Fsp3) is 0.500. The van der Waals surface area contributed by atoms with E-state index in [0.29, 0.717) is 0 Å². The van der Waals surface area contributed by atoms with Crippen LogP contribution < -0.4 is 20.4 Å². The van der Waals surface area contributed by atoms with Gasteiger partial charge in [-0.3, -0.25) is 0 Å². The van der Waals surface area contributed by atoms with Crippen LogP contribution >= 0.6 is 0 Å². The molecule has 9 heteroatoms. The Morgan fingerprint density at radius 2 is 1.13 bits per heavy atom. The second-order valence-electron chi connectivity index (χ2n) is 2.38. The van der Waals surface area contributed by atoms with E-state index in [1.165, 1.54) is 0 Å². The molecule has 0 saturated heterocycles. The standard InChI is InChI=1S/C6H7O7.2Cu/c7-3(8)1-6(13,5(11)12)2-4(9)10;;/h1-2H2,(H,7,8)(H,9,10)(H,11,12);;/q-1;2*+2/p-3. The Bertz CT molecular complexity index is 236. The molecule has 0 aliphatic rings. The SMILES string of the molecule is O=C([O-])CC([O-])(CC(=O)[O-])C(=O)[O-].[Cu+2].[Cu+2]. The van der Waals surface area contributed by atoms with Gasteiger partial charge in [0.25, 0.3) is 0 Å². The summed E-state index contributed by atoms with van der Waals surface area (Å²) in [6, 6.07) is 0. The summed E-state index contributed by atoms with van der Waals surface area (Å²) in [5.41, 5.74) is -3.22. The zero-order valence-corrected chi connectivity index (χ0v) is 8.76. The average Bonchev–Trinajstić information content (AvgIpc) is 1.82. The molecule has 0 bridgehead atoms. The predicted molar refractivity (Wildman–Crippen MR) is 27.0 cm³/mol. The predicted octanol–water partition coefficient (Wildman–Crippen LogP) is -5.89. The molecule has 0 aromatic rings. The van der Waals surface area contributed by atoms with Crippen molar-refractivity contribution in [2.75, 3.05) is 0 Å². The minimum atomic E-state index is -3.22. The summed E-state index contributed by atoms with van der Waals surface area (Å²) in [5.74, 6) is -6.22. The van der Waals surface area contributed by atoms with Crippen molar-refractivity contribution in [3.05, 3.63) is 0 Å². The number of hydrogen-bond acceptors (Lipinski definition) is 7. The van der Waals surface area contributed by atoms with Gasteiger partial charge >= 0.3 is 34.1 Å². The molecule has 0 aliphatic heterocycles. The van der Waals surface area contributed by atoms with Crippen molar-refractivity contribution in [1.82, 2.24) is 0 Å². The van der Waals surface area contributed by atoms with Gasteiger partial charge in [-0.25, -0.2) is 0 Å². The minimum Gasteiger partial charge on any atom is -0.845 e. The summed E-state index contributed by atoms with van der Waals surface area (Å²) in [7, 11) is 0. The molecule has 0 aliphatic carbocycles. The largest absolute Gasteiger partial charge is 2.00 e. The Morgan fingerprint density at radius 1 is 0.867 bits per heavy atom. The van der Waals surface area contributed by atoms with Gasteiger partial charge in [0.15, 0.2) is 0 Å². The summed E-state index contributed by atoms with van der Waals surface area (Å²) < 4.78 is 0. The van der Waals surface area contributed by atoms with Gasteiger partial charge in [-0.15, -0.1) is 0 Å². The molecule has 0 rings (SSSR count). The van der Waals surface area contributed by atoms with Crippen LogP contribution in [-0.2, 0) is 48.5 Å². The number of carboxylic acids is 3. The van der Waals surface area contributed by atoms with Crippen LogP contribution in [0.1, 0.15) is 12.8 Å². The Labute approximate surface area is 105 Å². The number of carboxylic acid groups (broad SMARTS) is 3. The quantitative estimate of drug-likeness (QED) is 0.459. The van der Waals surface area contributed by atoms with Gasteiger partial charge in [-0.1, -0.05) is 5.60 Å². The molecule has 7 nitrogen and oxygen atoms in total. The van der Waals surface area contributed by atoms with Gasteiger partial charge in [-0.2, -0.15) is 0 Å². The molecular weight excluding hydrogens is 311 g/mol. The van der Waals surface area contributed by atoms with Crippen LogP contribution in [-0.4, -0.2) is 23.5 Å². The molecule has 0 heterocycles. The Hall–Kier alpha value is -0.591. The number of carbonyl (C=O) groups is 3. The monoisotopic (exact) mass is 314 g/mol. The van der Waals surface area contributed by atoms with Crippen LogP contribution in [0.5, 0.6) is 0 Å². The van der Waals surface area contributed by atoms with Crippen molar-refractivity contribution in [2.24, 2.45) is 0 Å². The van der Waals surface area contributed by atoms with Gasteiger partial charge < -0.3 is 34.8 Å². The molecule has 92 valence electrons. The molecule has 0 saturated carbocycles. The van der Waals surface area contributed by atoms with Crippen molar-refractivity contribution in [3.63, 3.8) is 0 Å². The van der Waals surface area contributed by atoms with E-state index in [-0.39, 0.29) is 34.1 Å². The van der Waals surface area contributed by atoms with E-state index in [1.54, 1.807) is 0 Å². The minimum absolute atomic E-state index is 0. The van der Waals surface area contributed by atoms with Crippen LogP contribution in [0.15, 0.2) is 0 Å². The van der Waals surface area contributed by atoms with Crippen molar-refractivity contribution in [1.29, 1.82) is 0 Å². The van der Waals surface area contributed by atoms with Gasteiger partial charge in [0.1, 0.15) is 0 Å². The van der Waals surface area contributed by atoms with Gasteiger partial charge in [0.2, 0.25) is 0 Å². The van der Waals surface area contributed by atoms with Gasteiger partial charge in [-0.05, 0) is 12.8 Å². The fourth-order valence-corrected chi connectivity index (χ4v) is 0.673. The van der Waals surface area contributed by atoms with E-state index in [1.807, 2.05) is 0 Å². The third kappa shape index (κ3) is 7.35. The Kier molecular flexibility index (Phi) is 10.2. The number of rotatable bonds is 5. The molecule has 0 fully saturated rings. The summed E-state index contributed by atoms with van der Waals surface area (Å²) in [5, 5.41) is 40.8. The van der Waals surface area contributed by atoms with Crippen LogP contribution in [0.25, 0.3) is 0 Å². The van der Waals surface area contributed by atoms with E-state index < -0.39 is 36.4 Å². The zero-order chi connectivity index (χ0) is 10.6. The van der Waals surface area contributed by atoms with E-state index in [9.17, 15) is 34.8 Å². The molecule has 0 aromatic carbocycles. The third-order valence-electron chi connectivity index (χ3n) is 1.23. The maximum absolute atomic E-state index is 10.9. The van der Waals surface area contributed by atoms with Crippen molar-refractivity contribution < 1.29 is 68.9 Å². The first-order valence-electron chi connectivity index (χ1n) is 3.09. The van der Waals surface area contributed by atoms with Crippen LogP contribution in [0, 0.1) is 0 Å². The second-order valence-corrected chi connectivity index (χ2v) is 2.38. The Morgan fingerprint density at radius 3 is 1.27 bits per heavy atom. The fourth-order valence-electron chi connectivity index (χ4n) is 0.673. The van der Waals surface area contributed by atoms with Gasteiger partial charge in [0, 0.05) is 17.9 Å². The molecule has 0 spiro atoms. The smallest absolute Gasteiger partial charge is 0.845 e. The van der Waals surface area contributed by atoms with Gasteiger partial charge in [0.05, 0.1) is 0 Å². The molecule has 0 amide bonds. The molecule has 0 atom stereocenters.